The smallest absolute Gasteiger partial charge is 0.148 e. The maximum absolute atomic E-state index is 13.8. The summed E-state index contributed by atoms with van der Waals surface area (Å²) >= 11 is 6.00. The maximum atomic E-state index is 13.8. The molecule has 0 fully saturated rings. The number of aromatic nitrogens is 2. The van der Waals surface area contributed by atoms with Crippen molar-refractivity contribution in [3.8, 4) is 0 Å². The third kappa shape index (κ3) is 3.59. The molecular formula is C14H17ClFN5. The Labute approximate surface area is 127 Å². The summed E-state index contributed by atoms with van der Waals surface area (Å²) in [5, 5.41) is 3.15. The predicted molar refractivity (Wildman–Crippen MR) is 83.2 cm³/mol. The molecule has 7 heteroatoms. The van der Waals surface area contributed by atoms with Crippen molar-refractivity contribution in [2.24, 2.45) is 5.84 Å². The lowest BCUT2D eigenvalue weighted by molar-refractivity contribution is 0.547. The average Bonchev–Trinajstić information content (AvgIpc) is 2.42. The number of hydrogen-bond donors (Lipinski definition) is 3. The fourth-order valence-corrected chi connectivity index (χ4v) is 1.88. The van der Waals surface area contributed by atoms with Crippen molar-refractivity contribution in [1.29, 1.82) is 0 Å². The summed E-state index contributed by atoms with van der Waals surface area (Å²) in [6.07, 6.45) is 0. The first kappa shape index (κ1) is 15.5. The Morgan fingerprint density at radius 2 is 1.86 bits per heavy atom. The molecule has 0 aliphatic heterocycles. The van der Waals surface area contributed by atoms with E-state index in [0.29, 0.717) is 17.5 Å². The van der Waals surface area contributed by atoms with E-state index in [2.05, 4.69) is 20.7 Å². The lowest BCUT2D eigenvalue weighted by atomic mass is 9.96. The second-order valence-corrected chi connectivity index (χ2v) is 5.99. The number of rotatable bonds is 3. The standard InChI is InChI=1S/C14H17ClFN5/c1-14(2,3)13-19-10(7-11(20-13)21-17)18-12-8(15)5-4-6-9(12)16/h4-7H,17H2,1-3H3,(H2,18,19,20,21). The third-order valence-electron chi connectivity index (χ3n) is 2.76. The van der Waals surface area contributed by atoms with Gasteiger partial charge in [0.2, 0.25) is 0 Å². The second-order valence-electron chi connectivity index (χ2n) is 5.58. The Hall–Kier alpha value is -1.92. The van der Waals surface area contributed by atoms with Gasteiger partial charge in [0.15, 0.2) is 0 Å². The number of hydrogen-bond acceptors (Lipinski definition) is 5. The molecule has 2 aromatic rings. The summed E-state index contributed by atoms with van der Waals surface area (Å²) in [4.78, 5) is 8.68. The van der Waals surface area contributed by atoms with Gasteiger partial charge in [-0.25, -0.2) is 20.2 Å². The Morgan fingerprint density at radius 3 is 2.43 bits per heavy atom. The molecule has 0 radical (unpaired) electrons. The molecule has 0 amide bonds. The van der Waals surface area contributed by atoms with E-state index in [1.807, 2.05) is 20.8 Å². The number of nitrogens with zero attached hydrogens (tertiary/aromatic N) is 2. The molecule has 0 aliphatic carbocycles. The Balaban J connectivity index is 2.45. The molecule has 1 aromatic carbocycles. The van der Waals surface area contributed by atoms with E-state index in [0.717, 1.165) is 0 Å². The van der Waals surface area contributed by atoms with Crippen LogP contribution in [0.25, 0.3) is 0 Å². The fraction of sp³-hybridized carbons (Fsp3) is 0.286. The van der Waals surface area contributed by atoms with Gasteiger partial charge in [-0.15, -0.1) is 0 Å². The van der Waals surface area contributed by atoms with E-state index in [1.54, 1.807) is 12.1 Å². The molecule has 0 atom stereocenters. The minimum atomic E-state index is -0.458. The minimum absolute atomic E-state index is 0.167. The summed E-state index contributed by atoms with van der Waals surface area (Å²) in [5.74, 6) is 6.38. The molecule has 112 valence electrons. The van der Waals surface area contributed by atoms with Gasteiger partial charge < -0.3 is 10.7 Å². The van der Waals surface area contributed by atoms with Gasteiger partial charge in [-0.3, -0.25) is 0 Å². The van der Waals surface area contributed by atoms with Gasteiger partial charge in [-0.05, 0) is 12.1 Å². The van der Waals surface area contributed by atoms with Crippen molar-refractivity contribution in [1.82, 2.24) is 9.97 Å². The molecule has 0 saturated carbocycles. The van der Waals surface area contributed by atoms with Crippen LogP contribution in [0.15, 0.2) is 24.3 Å². The van der Waals surface area contributed by atoms with E-state index in [9.17, 15) is 4.39 Å². The molecule has 0 saturated heterocycles. The highest BCUT2D eigenvalue weighted by Gasteiger charge is 2.19. The van der Waals surface area contributed by atoms with Crippen molar-refractivity contribution in [2.75, 3.05) is 10.7 Å². The van der Waals surface area contributed by atoms with Crippen LogP contribution >= 0.6 is 11.6 Å². The lowest BCUT2D eigenvalue weighted by Gasteiger charge is -2.19. The number of para-hydroxylation sites is 1. The molecule has 1 heterocycles. The maximum Gasteiger partial charge on any atom is 0.148 e. The van der Waals surface area contributed by atoms with Crippen molar-refractivity contribution in [3.63, 3.8) is 0 Å². The van der Waals surface area contributed by atoms with Gasteiger partial charge in [0.1, 0.15) is 23.3 Å². The SMILES string of the molecule is CC(C)(C)c1nc(NN)cc(Nc2c(F)cccc2Cl)n1. The normalized spacial score (nSPS) is 11.3. The predicted octanol–water partition coefficient (Wildman–Crippen LogP) is 3.60. The number of nitrogens with one attached hydrogen (secondary N) is 2. The monoisotopic (exact) mass is 309 g/mol. The summed E-state index contributed by atoms with van der Waals surface area (Å²) in [7, 11) is 0. The topological polar surface area (TPSA) is 75.9 Å². The summed E-state index contributed by atoms with van der Waals surface area (Å²) in [6.45, 7) is 5.92. The number of benzene rings is 1. The van der Waals surface area contributed by atoms with Crippen LogP contribution in [0.4, 0.5) is 21.7 Å². The zero-order valence-corrected chi connectivity index (χ0v) is 12.8. The Morgan fingerprint density at radius 1 is 1.19 bits per heavy atom. The van der Waals surface area contributed by atoms with Gasteiger partial charge >= 0.3 is 0 Å². The fourth-order valence-electron chi connectivity index (χ4n) is 1.67. The van der Waals surface area contributed by atoms with Gasteiger partial charge in [0.25, 0.3) is 0 Å². The van der Waals surface area contributed by atoms with Crippen LogP contribution in [0.3, 0.4) is 0 Å². The van der Waals surface area contributed by atoms with Gasteiger partial charge in [0.05, 0.1) is 10.7 Å². The molecule has 21 heavy (non-hydrogen) atoms. The Bertz CT molecular complexity index is 634. The van der Waals surface area contributed by atoms with Gasteiger partial charge in [0, 0.05) is 11.5 Å². The number of halogens is 2. The summed E-state index contributed by atoms with van der Waals surface area (Å²) in [6, 6.07) is 6.04. The molecule has 1 aromatic heterocycles. The van der Waals surface area contributed by atoms with Crippen LogP contribution in [0.1, 0.15) is 26.6 Å². The molecule has 0 aliphatic rings. The lowest BCUT2D eigenvalue weighted by Crippen LogP contribution is -2.19. The highest BCUT2D eigenvalue weighted by atomic mass is 35.5. The summed E-state index contributed by atoms with van der Waals surface area (Å²) in [5.41, 5.74) is 2.37. The molecule has 4 N–H and O–H groups in total. The minimum Gasteiger partial charge on any atom is -0.336 e. The molecule has 0 spiro atoms. The van der Waals surface area contributed by atoms with Crippen LogP contribution in [0, 0.1) is 5.82 Å². The van der Waals surface area contributed by atoms with Crippen molar-refractivity contribution < 1.29 is 4.39 Å². The van der Waals surface area contributed by atoms with E-state index in [4.69, 9.17) is 17.4 Å². The molecule has 0 unspecified atom stereocenters. The molecule has 5 nitrogen and oxygen atoms in total. The van der Waals surface area contributed by atoms with Crippen molar-refractivity contribution >= 4 is 28.9 Å². The number of hydrazine groups is 1. The van der Waals surface area contributed by atoms with Crippen LogP contribution in [-0.4, -0.2) is 9.97 Å². The van der Waals surface area contributed by atoms with Crippen LogP contribution in [0.5, 0.6) is 0 Å². The third-order valence-corrected chi connectivity index (χ3v) is 3.08. The molecule has 2 rings (SSSR count). The number of nitrogens with two attached hydrogens (primary N) is 1. The quantitative estimate of drug-likeness (QED) is 0.596. The highest BCUT2D eigenvalue weighted by molar-refractivity contribution is 6.33. The van der Waals surface area contributed by atoms with Crippen molar-refractivity contribution in [3.05, 3.63) is 40.9 Å². The van der Waals surface area contributed by atoms with E-state index in [-0.39, 0.29) is 16.1 Å². The number of nitrogen functional groups attached to an aromatic ring is 1. The van der Waals surface area contributed by atoms with E-state index >= 15 is 0 Å². The van der Waals surface area contributed by atoms with E-state index in [1.165, 1.54) is 12.1 Å². The zero-order valence-electron chi connectivity index (χ0n) is 12.0. The number of anilines is 3. The van der Waals surface area contributed by atoms with E-state index < -0.39 is 5.82 Å². The molecule has 0 bridgehead atoms. The zero-order chi connectivity index (χ0) is 15.6. The van der Waals surface area contributed by atoms with Gasteiger partial charge in [-0.1, -0.05) is 38.4 Å². The second kappa shape index (κ2) is 5.83. The van der Waals surface area contributed by atoms with Gasteiger partial charge in [-0.2, -0.15) is 0 Å². The average molecular weight is 310 g/mol. The molecular weight excluding hydrogens is 293 g/mol. The van der Waals surface area contributed by atoms with Crippen LogP contribution in [-0.2, 0) is 5.41 Å². The van der Waals surface area contributed by atoms with Crippen molar-refractivity contribution in [2.45, 2.75) is 26.2 Å². The highest BCUT2D eigenvalue weighted by Crippen LogP contribution is 2.29. The Kier molecular flexibility index (Phi) is 4.29. The largest absolute Gasteiger partial charge is 0.336 e. The first-order chi connectivity index (χ1) is 9.81. The first-order valence-corrected chi connectivity index (χ1v) is 6.76. The van der Waals surface area contributed by atoms with Crippen LogP contribution in [0.2, 0.25) is 5.02 Å². The first-order valence-electron chi connectivity index (χ1n) is 6.38. The summed E-state index contributed by atoms with van der Waals surface area (Å²) < 4.78 is 13.8. The van der Waals surface area contributed by atoms with Crippen LogP contribution < -0.4 is 16.6 Å².